The molecule has 2 aliphatic rings. The zero-order chi connectivity index (χ0) is 11.0. The molecule has 2 aliphatic carbocycles. The van der Waals surface area contributed by atoms with E-state index < -0.39 is 0 Å². The molecule has 0 bridgehead atoms. The molecule has 1 saturated carbocycles. The van der Waals surface area contributed by atoms with E-state index in [1.165, 1.54) is 12.8 Å². The van der Waals surface area contributed by atoms with Crippen molar-refractivity contribution >= 4 is 0 Å². The molecular formula is C15H22. The van der Waals surface area contributed by atoms with E-state index in [1.54, 1.807) is 16.7 Å². The van der Waals surface area contributed by atoms with Gasteiger partial charge in [-0.2, -0.15) is 0 Å². The molecule has 0 amide bonds. The fourth-order valence-electron chi connectivity index (χ4n) is 3.04. The van der Waals surface area contributed by atoms with Crippen molar-refractivity contribution in [3.8, 4) is 0 Å². The second kappa shape index (κ2) is 4.00. The maximum Gasteiger partial charge on any atom is -0.0129 e. The number of hydrogen-bond donors (Lipinski definition) is 0. The lowest BCUT2D eigenvalue weighted by atomic mass is 9.83. The van der Waals surface area contributed by atoms with E-state index in [2.05, 4.69) is 45.9 Å². The summed E-state index contributed by atoms with van der Waals surface area (Å²) in [6, 6.07) is 0. The van der Waals surface area contributed by atoms with Gasteiger partial charge in [0.15, 0.2) is 0 Å². The Balaban J connectivity index is 2.30. The van der Waals surface area contributed by atoms with Crippen molar-refractivity contribution in [3.63, 3.8) is 0 Å². The lowest BCUT2D eigenvalue weighted by Gasteiger charge is -2.22. The van der Waals surface area contributed by atoms with E-state index in [1.807, 2.05) is 0 Å². The lowest BCUT2D eigenvalue weighted by Crippen LogP contribution is -2.14. The van der Waals surface area contributed by atoms with Crippen LogP contribution in [0.4, 0.5) is 0 Å². The molecule has 0 aliphatic heterocycles. The van der Waals surface area contributed by atoms with Gasteiger partial charge in [0.25, 0.3) is 0 Å². The maximum absolute atomic E-state index is 2.38. The molecule has 0 N–H and O–H groups in total. The molecule has 0 spiro atoms. The standard InChI is InChI=1S/C15H22/c1-10(2)13-8-14-11(3)6-5-7-12(4)15(14)9-13/h5-7,11,14-15H,8-9H2,1-4H3. The third-order valence-corrected chi connectivity index (χ3v) is 4.21. The first-order chi connectivity index (χ1) is 7.09. The molecule has 0 aromatic carbocycles. The zero-order valence-electron chi connectivity index (χ0n) is 10.4. The van der Waals surface area contributed by atoms with Gasteiger partial charge in [0.1, 0.15) is 0 Å². The molecule has 82 valence electrons. The summed E-state index contributed by atoms with van der Waals surface area (Å²) in [5.74, 6) is 2.39. The van der Waals surface area contributed by atoms with Gasteiger partial charge < -0.3 is 0 Å². The van der Waals surface area contributed by atoms with Crippen molar-refractivity contribution in [1.82, 2.24) is 0 Å². The van der Waals surface area contributed by atoms with E-state index in [4.69, 9.17) is 0 Å². The molecule has 0 heteroatoms. The normalized spacial score (nSPS) is 34.8. The van der Waals surface area contributed by atoms with Crippen LogP contribution in [0.2, 0.25) is 0 Å². The van der Waals surface area contributed by atoms with Gasteiger partial charge in [0, 0.05) is 0 Å². The van der Waals surface area contributed by atoms with Crippen molar-refractivity contribution in [2.24, 2.45) is 17.8 Å². The van der Waals surface area contributed by atoms with Gasteiger partial charge in [-0.1, -0.05) is 41.9 Å². The predicted molar refractivity (Wildman–Crippen MR) is 66.6 cm³/mol. The van der Waals surface area contributed by atoms with Gasteiger partial charge in [-0.3, -0.25) is 0 Å². The minimum absolute atomic E-state index is 0.737. The van der Waals surface area contributed by atoms with E-state index in [0.717, 1.165) is 17.8 Å². The van der Waals surface area contributed by atoms with Crippen LogP contribution in [0.25, 0.3) is 0 Å². The van der Waals surface area contributed by atoms with Crippen molar-refractivity contribution in [2.75, 3.05) is 0 Å². The van der Waals surface area contributed by atoms with Crippen LogP contribution in [0.5, 0.6) is 0 Å². The predicted octanol–water partition coefficient (Wildman–Crippen LogP) is 4.50. The first kappa shape index (κ1) is 10.7. The highest BCUT2D eigenvalue weighted by molar-refractivity contribution is 5.28. The summed E-state index contributed by atoms with van der Waals surface area (Å²) in [5, 5.41) is 0. The van der Waals surface area contributed by atoms with Gasteiger partial charge in [0.2, 0.25) is 0 Å². The molecular weight excluding hydrogens is 180 g/mol. The molecule has 3 atom stereocenters. The first-order valence-electron chi connectivity index (χ1n) is 6.09. The summed E-state index contributed by atoms with van der Waals surface area (Å²) in [7, 11) is 0. The van der Waals surface area contributed by atoms with Crippen molar-refractivity contribution < 1.29 is 0 Å². The third-order valence-electron chi connectivity index (χ3n) is 4.21. The highest BCUT2D eigenvalue weighted by Crippen LogP contribution is 2.46. The molecule has 0 nitrogen and oxygen atoms in total. The van der Waals surface area contributed by atoms with E-state index in [0.29, 0.717) is 0 Å². The molecule has 0 radical (unpaired) electrons. The molecule has 0 heterocycles. The highest BCUT2D eigenvalue weighted by atomic mass is 14.4. The summed E-state index contributed by atoms with van der Waals surface area (Å²) >= 11 is 0. The monoisotopic (exact) mass is 202 g/mol. The Morgan fingerprint density at radius 3 is 2.67 bits per heavy atom. The average Bonchev–Trinajstić information content (AvgIpc) is 2.57. The summed E-state index contributed by atoms with van der Waals surface area (Å²) in [6.45, 7) is 9.20. The van der Waals surface area contributed by atoms with Gasteiger partial charge >= 0.3 is 0 Å². The van der Waals surface area contributed by atoms with Crippen LogP contribution in [0.3, 0.4) is 0 Å². The Labute approximate surface area is 93.8 Å². The summed E-state index contributed by atoms with van der Waals surface area (Å²) < 4.78 is 0. The molecule has 1 fully saturated rings. The van der Waals surface area contributed by atoms with Gasteiger partial charge in [0.05, 0.1) is 0 Å². The minimum atomic E-state index is 0.737. The maximum atomic E-state index is 2.38. The van der Waals surface area contributed by atoms with Crippen LogP contribution in [0.1, 0.15) is 40.5 Å². The third kappa shape index (κ3) is 1.95. The molecule has 0 aromatic rings. The smallest absolute Gasteiger partial charge is 0.0129 e. The second-order valence-corrected chi connectivity index (χ2v) is 5.44. The second-order valence-electron chi connectivity index (χ2n) is 5.44. The summed E-state index contributed by atoms with van der Waals surface area (Å²) in [6.07, 6.45) is 9.57. The number of hydrogen-bond acceptors (Lipinski definition) is 0. The average molecular weight is 202 g/mol. The van der Waals surface area contributed by atoms with Gasteiger partial charge in [-0.15, -0.1) is 0 Å². The summed E-state index contributed by atoms with van der Waals surface area (Å²) in [5.41, 5.74) is 4.84. The van der Waals surface area contributed by atoms with Crippen molar-refractivity contribution in [2.45, 2.75) is 40.5 Å². The van der Waals surface area contributed by atoms with Gasteiger partial charge in [-0.05, 0) is 51.4 Å². The van der Waals surface area contributed by atoms with Crippen LogP contribution in [0.15, 0.2) is 34.9 Å². The van der Waals surface area contributed by atoms with Crippen LogP contribution in [-0.2, 0) is 0 Å². The Kier molecular flexibility index (Phi) is 2.86. The Hall–Kier alpha value is -0.780. The van der Waals surface area contributed by atoms with Crippen molar-refractivity contribution in [3.05, 3.63) is 34.9 Å². The topological polar surface area (TPSA) is 0 Å². The Bertz CT molecular complexity index is 337. The number of rotatable bonds is 0. The Morgan fingerprint density at radius 2 is 2.00 bits per heavy atom. The van der Waals surface area contributed by atoms with Crippen LogP contribution in [0, 0.1) is 17.8 Å². The van der Waals surface area contributed by atoms with Crippen molar-refractivity contribution in [1.29, 1.82) is 0 Å². The summed E-state index contributed by atoms with van der Waals surface area (Å²) in [4.78, 5) is 0. The fourth-order valence-corrected chi connectivity index (χ4v) is 3.04. The fraction of sp³-hybridized carbons (Fsp3) is 0.600. The van der Waals surface area contributed by atoms with E-state index in [-0.39, 0.29) is 0 Å². The van der Waals surface area contributed by atoms with E-state index >= 15 is 0 Å². The SMILES string of the molecule is CC1=CC=CC(C)C2CC(=C(C)C)CC12. The Morgan fingerprint density at radius 1 is 1.27 bits per heavy atom. The lowest BCUT2D eigenvalue weighted by molar-refractivity contribution is 0.360. The number of fused-ring (bicyclic) bond motifs is 1. The molecule has 0 saturated heterocycles. The molecule has 3 unspecified atom stereocenters. The first-order valence-corrected chi connectivity index (χ1v) is 6.09. The largest absolute Gasteiger partial charge is 0.0814 e. The quantitative estimate of drug-likeness (QED) is 0.507. The molecule has 2 rings (SSSR count). The molecule has 0 aromatic heterocycles. The molecule has 15 heavy (non-hydrogen) atoms. The van der Waals surface area contributed by atoms with Gasteiger partial charge in [-0.25, -0.2) is 0 Å². The van der Waals surface area contributed by atoms with Crippen LogP contribution in [-0.4, -0.2) is 0 Å². The highest BCUT2D eigenvalue weighted by Gasteiger charge is 2.35. The van der Waals surface area contributed by atoms with Crippen LogP contribution >= 0.6 is 0 Å². The minimum Gasteiger partial charge on any atom is -0.0814 e. The zero-order valence-corrected chi connectivity index (χ0v) is 10.4. The van der Waals surface area contributed by atoms with E-state index in [9.17, 15) is 0 Å². The number of allylic oxidation sites excluding steroid dienone is 6. The van der Waals surface area contributed by atoms with Crippen LogP contribution < -0.4 is 0 Å².